The van der Waals surface area contributed by atoms with Crippen molar-refractivity contribution in [1.82, 2.24) is 14.8 Å². The molecule has 2 rings (SSSR count). The lowest BCUT2D eigenvalue weighted by molar-refractivity contribution is -0.137. The van der Waals surface area contributed by atoms with Crippen LogP contribution in [0.2, 0.25) is 0 Å². The van der Waals surface area contributed by atoms with Crippen LogP contribution in [-0.2, 0) is 16.2 Å². The summed E-state index contributed by atoms with van der Waals surface area (Å²) in [6.07, 6.45) is -0.816. The second-order valence-corrected chi connectivity index (χ2v) is 5.16. The predicted molar refractivity (Wildman–Crippen MR) is 57.7 cm³/mol. The Hall–Kier alpha value is -1.94. The smallest absolute Gasteiger partial charge is 0.262 e. The third-order valence-corrected chi connectivity index (χ3v) is 3.07. The van der Waals surface area contributed by atoms with Gasteiger partial charge in [0.05, 0.1) is 29.8 Å². The summed E-state index contributed by atoms with van der Waals surface area (Å²) in [4.78, 5) is 3.14. The molecule has 0 bridgehead atoms. The van der Waals surface area contributed by atoms with Gasteiger partial charge in [0.25, 0.3) is 0 Å². The van der Waals surface area contributed by atoms with Crippen molar-refractivity contribution in [3.8, 4) is 5.69 Å². The van der Waals surface area contributed by atoms with Crippen molar-refractivity contribution in [3.05, 3.63) is 36.4 Å². The lowest BCUT2D eigenvalue weighted by atomic mass is 10.2. The standard InChI is InChI=1S/C9H7F3N4O2S/c10-9(11,12)6-1-7(3-14-2-6)16-5-8(4-15-16)19(13,17)18/h1-5H,(H2,13,17,18). The fourth-order valence-electron chi connectivity index (χ4n) is 1.30. The van der Waals surface area contributed by atoms with Crippen molar-refractivity contribution in [3.63, 3.8) is 0 Å². The van der Waals surface area contributed by atoms with E-state index >= 15 is 0 Å². The molecular weight excluding hydrogens is 285 g/mol. The first-order valence-electron chi connectivity index (χ1n) is 4.78. The number of sulfonamides is 1. The van der Waals surface area contributed by atoms with Crippen LogP contribution in [0.25, 0.3) is 5.69 Å². The van der Waals surface area contributed by atoms with Gasteiger partial charge in [-0.3, -0.25) is 4.98 Å². The van der Waals surface area contributed by atoms with E-state index in [1.54, 1.807) is 0 Å². The normalized spacial score (nSPS) is 12.6. The molecule has 0 saturated heterocycles. The first-order valence-corrected chi connectivity index (χ1v) is 6.32. The highest BCUT2D eigenvalue weighted by Gasteiger charge is 2.31. The number of rotatable bonds is 2. The third-order valence-electron chi connectivity index (χ3n) is 2.20. The molecule has 2 N–H and O–H groups in total. The van der Waals surface area contributed by atoms with E-state index < -0.39 is 21.8 Å². The van der Waals surface area contributed by atoms with Crippen LogP contribution in [0.4, 0.5) is 13.2 Å². The Morgan fingerprint density at radius 1 is 1.21 bits per heavy atom. The summed E-state index contributed by atoms with van der Waals surface area (Å²) in [7, 11) is -3.95. The second-order valence-electron chi connectivity index (χ2n) is 3.60. The molecule has 19 heavy (non-hydrogen) atoms. The van der Waals surface area contributed by atoms with E-state index in [4.69, 9.17) is 5.14 Å². The van der Waals surface area contributed by atoms with E-state index in [1.807, 2.05) is 0 Å². The van der Waals surface area contributed by atoms with Crippen LogP contribution >= 0.6 is 0 Å². The van der Waals surface area contributed by atoms with Crippen LogP contribution in [0.3, 0.4) is 0 Å². The van der Waals surface area contributed by atoms with Gasteiger partial charge in [-0.05, 0) is 6.07 Å². The van der Waals surface area contributed by atoms with Gasteiger partial charge in [0.2, 0.25) is 10.0 Å². The number of alkyl halides is 3. The van der Waals surface area contributed by atoms with Gasteiger partial charge in [-0.25, -0.2) is 18.2 Å². The molecule has 2 aromatic heterocycles. The molecule has 0 saturated carbocycles. The second kappa shape index (κ2) is 4.31. The van der Waals surface area contributed by atoms with Gasteiger partial charge in [0, 0.05) is 6.20 Å². The molecule has 0 spiro atoms. The molecule has 0 unspecified atom stereocenters. The van der Waals surface area contributed by atoms with Gasteiger partial charge in [-0.15, -0.1) is 0 Å². The van der Waals surface area contributed by atoms with E-state index in [0.29, 0.717) is 6.20 Å². The zero-order chi connectivity index (χ0) is 14.3. The summed E-state index contributed by atoms with van der Waals surface area (Å²) < 4.78 is 60.5. The number of halogens is 3. The number of hydrogen-bond acceptors (Lipinski definition) is 4. The van der Waals surface area contributed by atoms with Gasteiger partial charge < -0.3 is 0 Å². The Kier molecular flexibility index (Phi) is 3.06. The van der Waals surface area contributed by atoms with Crippen molar-refractivity contribution in [2.45, 2.75) is 11.1 Å². The van der Waals surface area contributed by atoms with Crippen LogP contribution < -0.4 is 5.14 Å². The maximum absolute atomic E-state index is 12.5. The topological polar surface area (TPSA) is 90.9 Å². The number of hydrogen-bond donors (Lipinski definition) is 1. The van der Waals surface area contributed by atoms with Crippen molar-refractivity contribution >= 4 is 10.0 Å². The minimum Gasteiger partial charge on any atom is -0.262 e. The fraction of sp³-hybridized carbons (Fsp3) is 0.111. The summed E-state index contributed by atoms with van der Waals surface area (Å²) in [5, 5.41) is 8.50. The van der Waals surface area contributed by atoms with Gasteiger partial charge in [-0.2, -0.15) is 18.3 Å². The molecule has 2 heterocycles. The summed E-state index contributed by atoms with van der Waals surface area (Å²) in [5.74, 6) is 0. The molecule has 2 aromatic rings. The summed E-state index contributed by atoms with van der Waals surface area (Å²) in [6, 6.07) is 0.799. The Morgan fingerprint density at radius 2 is 1.89 bits per heavy atom. The highest BCUT2D eigenvalue weighted by molar-refractivity contribution is 7.89. The van der Waals surface area contributed by atoms with Crippen molar-refractivity contribution in [2.75, 3.05) is 0 Å². The molecule has 6 nitrogen and oxygen atoms in total. The number of nitrogens with two attached hydrogens (primary N) is 1. The Balaban J connectivity index is 2.46. The number of primary sulfonamides is 1. The van der Waals surface area contributed by atoms with Crippen molar-refractivity contribution in [2.24, 2.45) is 5.14 Å². The SMILES string of the molecule is NS(=O)(=O)c1cnn(-c2cncc(C(F)(F)F)c2)c1. The van der Waals surface area contributed by atoms with Crippen LogP contribution in [0, 0.1) is 0 Å². The minimum absolute atomic E-state index is 0.0234. The zero-order valence-corrected chi connectivity index (χ0v) is 9.98. The first kappa shape index (κ1) is 13.5. The third kappa shape index (κ3) is 2.90. The number of nitrogens with zero attached hydrogens (tertiary/aromatic N) is 3. The molecule has 0 aromatic carbocycles. The molecule has 0 aliphatic carbocycles. The number of pyridine rings is 1. The molecular formula is C9H7F3N4O2S. The lowest BCUT2D eigenvalue weighted by Crippen LogP contribution is -2.11. The maximum Gasteiger partial charge on any atom is 0.417 e. The molecule has 10 heteroatoms. The molecule has 0 atom stereocenters. The Bertz CT molecular complexity index is 708. The lowest BCUT2D eigenvalue weighted by Gasteiger charge is -2.07. The van der Waals surface area contributed by atoms with Gasteiger partial charge in [0.15, 0.2) is 0 Å². The minimum atomic E-state index is -4.54. The largest absolute Gasteiger partial charge is 0.417 e. The molecule has 0 radical (unpaired) electrons. The van der Waals surface area contributed by atoms with E-state index in [-0.39, 0.29) is 10.6 Å². The quantitative estimate of drug-likeness (QED) is 0.891. The predicted octanol–water partition coefficient (Wildman–Crippen LogP) is 0.934. The summed E-state index contributed by atoms with van der Waals surface area (Å²) in [5.41, 5.74) is -0.984. The van der Waals surface area contributed by atoms with E-state index in [1.165, 1.54) is 0 Å². The molecule has 0 aliphatic rings. The Labute approximate surface area is 105 Å². The maximum atomic E-state index is 12.5. The highest BCUT2D eigenvalue weighted by atomic mass is 32.2. The number of aromatic nitrogens is 3. The first-order chi connectivity index (χ1) is 8.68. The zero-order valence-electron chi connectivity index (χ0n) is 9.16. The summed E-state index contributed by atoms with van der Waals surface area (Å²) in [6.45, 7) is 0. The molecule has 0 aliphatic heterocycles. The highest BCUT2D eigenvalue weighted by Crippen LogP contribution is 2.29. The van der Waals surface area contributed by atoms with Crippen LogP contribution in [0.5, 0.6) is 0 Å². The molecule has 0 amide bonds. The van der Waals surface area contributed by atoms with Gasteiger partial charge in [0.1, 0.15) is 4.90 Å². The van der Waals surface area contributed by atoms with Crippen molar-refractivity contribution < 1.29 is 21.6 Å². The average molecular weight is 292 g/mol. The van der Waals surface area contributed by atoms with Crippen LogP contribution in [0.1, 0.15) is 5.56 Å². The van der Waals surface area contributed by atoms with Crippen LogP contribution in [-0.4, -0.2) is 23.2 Å². The monoisotopic (exact) mass is 292 g/mol. The molecule has 102 valence electrons. The average Bonchev–Trinajstić information content (AvgIpc) is 2.77. The van der Waals surface area contributed by atoms with E-state index in [2.05, 4.69) is 10.1 Å². The van der Waals surface area contributed by atoms with Gasteiger partial charge in [-0.1, -0.05) is 0 Å². The van der Waals surface area contributed by atoms with Crippen molar-refractivity contribution in [1.29, 1.82) is 0 Å². The van der Waals surface area contributed by atoms with E-state index in [0.717, 1.165) is 29.3 Å². The van der Waals surface area contributed by atoms with E-state index in [9.17, 15) is 21.6 Å². The molecule has 0 fully saturated rings. The Morgan fingerprint density at radius 3 is 2.42 bits per heavy atom. The van der Waals surface area contributed by atoms with Crippen LogP contribution in [0.15, 0.2) is 35.7 Å². The van der Waals surface area contributed by atoms with Gasteiger partial charge >= 0.3 is 6.18 Å². The summed E-state index contributed by atoms with van der Waals surface area (Å²) >= 11 is 0. The fourth-order valence-corrected chi connectivity index (χ4v) is 1.74.